The molecule has 0 fully saturated rings. The summed E-state index contributed by atoms with van der Waals surface area (Å²) >= 11 is 0. The Balaban J connectivity index is 1.80. The third-order valence-electron chi connectivity index (χ3n) is 3.49. The van der Waals surface area contributed by atoms with E-state index in [-0.39, 0.29) is 11.9 Å². The maximum absolute atomic E-state index is 12.4. The molecule has 3 heterocycles. The summed E-state index contributed by atoms with van der Waals surface area (Å²) < 4.78 is 9.13. The molecular weight excluding hydrogens is 270 g/mol. The molecule has 112 valence electrons. The van der Waals surface area contributed by atoms with Crippen LogP contribution in [-0.4, -0.2) is 32.1 Å². The summed E-state index contributed by atoms with van der Waals surface area (Å²) in [5.74, 6) is 0.464. The highest BCUT2D eigenvalue weighted by Gasteiger charge is 2.23. The fourth-order valence-corrected chi connectivity index (χ4v) is 2.34. The molecule has 0 aromatic carbocycles. The van der Waals surface area contributed by atoms with Crippen LogP contribution in [0.15, 0.2) is 12.4 Å². The number of ether oxygens (including phenoxy) is 1. The largest absolute Gasteiger partial charge is 0.478 e. The molecule has 1 N–H and O–H groups in total. The molecule has 2 aromatic rings. The van der Waals surface area contributed by atoms with E-state index in [2.05, 4.69) is 15.5 Å². The lowest BCUT2D eigenvalue weighted by molar-refractivity contribution is 0.102. The van der Waals surface area contributed by atoms with Crippen molar-refractivity contribution in [3.05, 3.63) is 23.7 Å². The van der Waals surface area contributed by atoms with Crippen molar-refractivity contribution in [3.8, 4) is 5.88 Å². The Bertz CT molecular complexity index is 671. The lowest BCUT2D eigenvalue weighted by atomic mass is 10.2. The minimum absolute atomic E-state index is 0.235. The average molecular weight is 289 g/mol. The second-order valence-corrected chi connectivity index (χ2v) is 5.46. The number of fused-ring (bicyclic) bond motifs is 1. The van der Waals surface area contributed by atoms with Crippen molar-refractivity contribution in [1.82, 2.24) is 19.6 Å². The van der Waals surface area contributed by atoms with Crippen molar-refractivity contribution in [3.63, 3.8) is 0 Å². The standard InChI is InChI=1S/C14H19N5O2/c1-9(2)19-8-11(7-15-19)16-13(20)12-10(3)14-18(17-12)5-4-6-21-14/h7-9H,4-6H2,1-3H3,(H,16,20). The number of carbonyl (C=O) groups excluding carboxylic acids is 1. The molecule has 0 radical (unpaired) electrons. The highest BCUT2D eigenvalue weighted by Crippen LogP contribution is 2.25. The number of rotatable bonds is 3. The van der Waals surface area contributed by atoms with Gasteiger partial charge >= 0.3 is 0 Å². The molecule has 1 aliphatic rings. The summed E-state index contributed by atoms with van der Waals surface area (Å²) in [4.78, 5) is 12.4. The number of aromatic nitrogens is 4. The van der Waals surface area contributed by atoms with Gasteiger partial charge in [-0.05, 0) is 20.8 Å². The number of nitrogens with zero attached hydrogens (tertiary/aromatic N) is 4. The van der Waals surface area contributed by atoms with Crippen molar-refractivity contribution in [2.45, 2.75) is 39.8 Å². The quantitative estimate of drug-likeness (QED) is 0.938. The maximum atomic E-state index is 12.4. The van der Waals surface area contributed by atoms with Crippen LogP contribution in [0.4, 0.5) is 5.69 Å². The van der Waals surface area contributed by atoms with E-state index in [1.807, 2.05) is 27.0 Å². The molecule has 0 unspecified atom stereocenters. The minimum Gasteiger partial charge on any atom is -0.478 e. The Morgan fingerprint density at radius 2 is 2.29 bits per heavy atom. The summed E-state index contributed by atoms with van der Waals surface area (Å²) in [5.41, 5.74) is 1.85. The normalized spacial score (nSPS) is 13.9. The number of aryl methyl sites for hydroxylation is 1. The van der Waals surface area contributed by atoms with Crippen molar-refractivity contribution < 1.29 is 9.53 Å². The van der Waals surface area contributed by atoms with E-state index in [0.29, 0.717) is 23.9 Å². The first-order valence-electron chi connectivity index (χ1n) is 7.12. The van der Waals surface area contributed by atoms with Gasteiger partial charge < -0.3 is 10.1 Å². The molecule has 0 atom stereocenters. The van der Waals surface area contributed by atoms with Gasteiger partial charge in [0.25, 0.3) is 5.91 Å². The van der Waals surface area contributed by atoms with Gasteiger partial charge in [0.2, 0.25) is 5.88 Å². The number of nitrogens with one attached hydrogen (secondary N) is 1. The van der Waals surface area contributed by atoms with E-state index in [9.17, 15) is 4.79 Å². The third-order valence-corrected chi connectivity index (χ3v) is 3.49. The lowest BCUT2D eigenvalue weighted by Crippen LogP contribution is -2.16. The maximum Gasteiger partial charge on any atom is 0.276 e. The second-order valence-electron chi connectivity index (χ2n) is 5.46. The Morgan fingerprint density at radius 3 is 2.95 bits per heavy atom. The molecular formula is C14H19N5O2. The molecule has 0 bridgehead atoms. The summed E-state index contributed by atoms with van der Waals surface area (Å²) in [6, 6.07) is 0.255. The van der Waals surface area contributed by atoms with E-state index in [1.165, 1.54) is 0 Å². The zero-order valence-electron chi connectivity index (χ0n) is 12.5. The van der Waals surface area contributed by atoms with Gasteiger partial charge in [-0.25, -0.2) is 4.68 Å². The summed E-state index contributed by atoms with van der Waals surface area (Å²) in [5, 5.41) is 11.4. The number of hydrogen-bond donors (Lipinski definition) is 1. The van der Waals surface area contributed by atoms with Crippen molar-refractivity contribution >= 4 is 11.6 Å². The van der Waals surface area contributed by atoms with Crippen molar-refractivity contribution in [1.29, 1.82) is 0 Å². The number of carbonyl (C=O) groups is 1. The van der Waals surface area contributed by atoms with Gasteiger partial charge in [0.05, 0.1) is 18.5 Å². The molecule has 0 saturated heterocycles. The van der Waals surface area contributed by atoms with Crippen LogP contribution >= 0.6 is 0 Å². The Hall–Kier alpha value is -2.31. The molecule has 1 aliphatic heterocycles. The van der Waals surface area contributed by atoms with Crippen LogP contribution in [0.3, 0.4) is 0 Å². The lowest BCUT2D eigenvalue weighted by Gasteiger charge is -2.14. The molecule has 21 heavy (non-hydrogen) atoms. The molecule has 1 amide bonds. The number of hydrogen-bond acceptors (Lipinski definition) is 4. The Labute approximate surface area is 122 Å². The average Bonchev–Trinajstić information content (AvgIpc) is 3.05. The van der Waals surface area contributed by atoms with E-state index in [1.54, 1.807) is 15.6 Å². The highest BCUT2D eigenvalue weighted by molar-refractivity contribution is 6.04. The van der Waals surface area contributed by atoms with Crippen LogP contribution in [0.1, 0.15) is 42.4 Å². The van der Waals surface area contributed by atoms with Crippen LogP contribution < -0.4 is 10.1 Å². The molecule has 7 nitrogen and oxygen atoms in total. The molecule has 3 rings (SSSR count). The van der Waals surface area contributed by atoms with Crippen LogP contribution in [0.5, 0.6) is 5.88 Å². The van der Waals surface area contributed by atoms with Crippen LogP contribution in [-0.2, 0) is 6.54 Å². The van der Waals surface area contributed by atoms with Gasteiger partial charge in [-0.3, -0.25) is 9.48 Å². The van der Waals surface area contributed by atoms with Crippen molar-refractivity contribution in [2.75, 3.05) is 11.9 Å². The predicted molar refractivity (Wildman–Crippen MR) is 77.6 cm³/mol. The van der Waals surface area contributed by atoms with Gasteiger partial charge in [0.1, 0.15) is 0 Å². The molecule has 7 heteroatoms. The zero-order valence-corrected chi connectivity index (χ0v) is 12.5. The van der Waals surface area contributed by atoms with Crippen LogP contribution in [0, 0.1) is 6.92 Å². The third kappa shape index (κ3) is 2.51. The minimum atomic E-state index is -0.235. The van der Waals surface area contributed by atoms with E-state index in [0.717, 1.165) is 18.5 Å². The smallest absolute Gasteiger partial charge is 0.276 e. The zero-order chi connectivity index (χ0) is 15.0. The topological polar surface area (TPSA) is 74.0 Å². The second kappa shape index (κ2) is 5.23. The number of amides is 1. The first-order chi connectivity index (χ1) is 10.1. The monoisotopic (exact) mass is 289 g/mol. The number of anilines is 1. The summed E-state index contributed by atoms with van der Waals surface area (Å²) in [6.07, 6.45) is 4.36. The van der Waals surface area contributed by atoms with Crippen LogP contribution in [0.25, 0.3) is 0 Å². The Morgan fingerprint density at radius 1 is 1.48 bits per heavy atom. The van der Waals surface area contributed by atoms with E-state index in [4.69, 9.17) is 4.74 Å². The Kier molecular flexibility index (Phi) is 3.40. The highest BCUT2D eigenvalue weighted by atomic mass is 16.5. The fourth-order valence-electron chi connectivity index (χ4n) is 2.34. The molecule has 0 aliphatic carbocycles. The first-order valence-corrected chi connectivity index (χ1v) is 7.12. The summed E-state index contributed by atoms with van der Waals surface area (Å²) in [7, 11) is 0. The van der Waals surface area contributed by atoms with E-state index < -0.39 is 0 Å². The van der Waals surface area contributed by atoms with Gasteiger partial charge in [-0.2, -0.15) is 10.2 Å². The first kappa shape index (κ1) is 13.7. The summed E-state index contributed by atoms with van der Waals surface area (Å²) in [6.45, 7) is 7.38. The predicted octanol–water partition coefficient (Wildman–Crippen LogP) is 2.00. The van der Waals surface area contributed by atoms with Gasteiger partial charge in [-0.1, -0.05) is 0 Å². The van der Waals surface area contributed by atoms with Gasteiger partial charge in [0, 0.05) is 30.8 Å². The fraction of sp³-hybridized carbons (Fsp3) is 0.500. The van der Waals surface area contributed by atoms with Crippen LogP contribution in [0.2, 0.25) is 0 Å². The molecule has 0 spiro atoms. The van der Waals surface area contributed by atoms with E-state index >= 15 is 0 Å². The van der Waals surface area contributed by atoms with Gasteiger partial charge in [0.15, 0.2) is 5.69 Å². The molecule has 2 aromatic heterocycles. The SMILES string of the molecule is Cc1c(C(=O)Nc2cnn(C(C)C)c2)nn2c1OCCC2. The van der Waals surface area contributed by atoms with Crippen molar-refractivity contribution in [2.24, 2.45) is 0 Å². The van der Waals surface area contributed by atoms with Gasteiger partial charge in [-0.15, -0.1) is 0 Å². The molecule has 0 saturated carbocycles.